The Labute approximate surface area is 168 Å². The first-order valence-corrected chi connectivity index (χ1v) is 8.96. The van der Waals surface area contributed by atoms with Crippen molar-refractivity contribution >= 4 is 24.0 Å². The Bertz CT molecular complexity index is 932. The van der Waals surface area contributed by atoms with Crippen LogP contribution in [0, 0.1) is 12.8 Å². The van der Waals surface area contributed by atoms with Gasteiger partial charge >= 0.3 is 0 Å². The van der Waals surface area contributed by atoms with Gasteiger partial charge in [-0.3, -0.25) is 9.48 Å². The van der Waals surface area contributed by atoms with Crippen molar-refractivity contribution in [3.8, 4) is 5.69 Å². The second-order valence-corrected chi connectivity index (χ2v) is 6.68. The number of nitrogens with one attached hydrogen (secondary N) is 2. The molecule has 3 aromatic rings. The number of hydrogen-bond donors (Lipinski definition) is 2. The van der Waals surface area contributed by atoms with Crippen molar-refractivity contribution in [3.63, 3.8) is 0 Å². The van der Waals surface area contributed by atoms with Gasteiger partial charge in [0.15, 0.2) is 11.5 Å². The molecule has 10 nitrogen and oxygen atoms in total. The molecule has 1 atom stereocenters. The van der Waals surface area contributed by atoms with E-state index < -0.39 is 0 Å². The Kier molecular flexibility index (Phi) is 6.32. The molecular formula is C17H22ClN9O. The van der Waals surface area contributed by atoms with Crippen LogP contribution in [0.1, 0.15) is 29.2 Å². The highest BCUT2D eigenvalue weighted by atomic mass is 35.5. The summed E-state index contributed by atoms with van der Waals surface area (Å²) >= 11 is 0. The molecule has 28 heavy (non-hydrogen) atoms. The average molecular weight is 404 g/mol. The van der Waals surface area contributed by atoms with E-state index in [1.165, 1.54) is 6.42 Å². The van der Waals surface area contributed by atoms with Crippen LogP contribution >= 0.6 is 12.4 Å². The minimum atomic E-state index is -0.298. The lowest BCUT2D eigenvalue weighted by Gasteiger charge is -2.22. The minimum absolute atomic E-state index is 0. The predicted molar refractivity (Wildman–Crippen MR) is 105 cm³/mol. The van der Waals surface area contributed by atoms with Crippen LogP contribution in [0.2, 0.25) is 0 Å². The van der Waals surface area contributed by atoms with Crippen LogP contribution in [0.25, 0.3) is 5.69 Å². The van der Waals surface area contributed by atoms with Crippen molar-refractivity contribution in [1.29, 1.82) is 0 Å². The lowest BCUT2D eigenvalue weighted by Crippen LogP contribution is -2.32. The largest absolute Gasteiger partial charge is 0.320 e. The van der Waals surface area contributed by atoms with Crippen LogP contribution in [-0.4, -0.2) is 54.2 Å². The highest BCUT2D eigenvalue weighted by Crippen LogP contribution is 2.16. The summed E-state index contributed by atoms with van der Waals surface area (Å²) in [5.74, 6) is 0.889. The molecule has 0 saturated carbocycles. The van der Waals surface area contributed by atoms with E-state index in [1.807, 2.05) is 19.1 Å². The summed E-state index contributed by atoms with van der Waals surface area (Å²) in [7, 11) is 0. The summed E-state index contributed by atoms with van der Waals surface area (Å²) in [4.78, 5) is 12.5. The molecular weight excluding hydrogens is 382 g/mol. The zero-order chi connectivity index (χ0) is 18.6. The summed E-state index contributed by atoms with van der Waals surface area (Å²) in [5, 5.41) is 25.8. The molecule has 0 bridgehead atoms. The van der Waals surface area contributed by atoms with Gasteiger partial charge in [-0.1, -0.05) is 11.3 Å². The van der Waals surface area contributed by atoms with Gasteiger partial charge in [0.05, 0.1) is 11.9 Å². The molecule has 2 aromatic heterocycles. The molecule has 1 aliphatic rings. The molecule has 4 rings (SSSR count). The van der Waals surface area contributed by atoms with Gasteiger partial charge in [-0.05, 0) is 67.4 Å². The topological polar surface area (TPSA) is 115 Å². The SMILES string of the molecule is Cc1nnnn1-c1cccc(NC(=O)c2cn(CC3CCCNC3)nn2)c1.Cl. The quantitative estimate of drug-likeness (QED) is 0.658. The van der Waals surface area contributed by atoms with Crippen molar-refractivity contribution in [2.75, 3.05) is 18.4 Å². The molecule has 3 heterocycles. The number of halogens is 1. The number of aromatic nitrogens is 7. The number of tetrazole rings is 1. The van der Waals surface area contributed by atoms with Gasteiger partial charge < -0.3 is 10.6 Å². The molecule has 0 radical (unpaired) electrons. The van der Waals surface area contributed by atoms with E-state index >= 15 is 0 Å². The molecule has 1 aliphatic heterocycles. The van der Waals surface area contributed by atoms with Crippen molar-refractivity contribution in [2.24, 2.45) is 5.92 Å². The van der Waals surface area contributed by atoms with Crippen LogP contribution in [0.5, 0.6) is 0 Å². The monoisotopic (exact) mass is 403 g/mol. The second kappa shape index (κ2) is 8.89. The van der Waals surface area contributed by atoms with E-state index in [-0.39, 0.29) is 18.3 Å². The number of hydrogen-bond acceptors (Lipinski definition) is 7. The maximum Gasteiger partial charge on any atom is 0.277 e. The number of anilines is 1. The van der Waals surface area contributed by atoms with E-state index in [1.54, 1.807) is 27.7 Å². The van der Waals surface area contributed by atoms with Crippen molar-refractivity contribution in [2.45, 2.75) is 26.3 Å². The van der Waals surface area contributed by atoms with E-state index in [9.17, 15) is 4.79 Å². The van der Waals surface area contributed by atoms with Crippen molar-refractivity contribution in [3.05, 3.63) is 42.0 Å². The number of amides is 1. The van der Waals surface area contributed by atoms with Crippen LogP contribution in [0.4, 0.5) is 5.69 Å². The first-order chi connectivity index (χ1) is 13.2. The number of carbonyl (C=O) groups is 1. The molecule has 0 aliphatic carbocycles. The Hall–Kier alpha value is -2.85. The first-order valence-electron chi connectivity index (χ1n) is 8.96. The normalized spacial score (nSPS) is 16.4. The summed E-state index contributed by atoms with van der Waals surface area (Å²) in [6.45, 7) is 4.63. The van der Waals surface area contributed by atoms with Crippen molar-refractivity contribution < 1.29 is 4.79 Å². The minimum Gasteiger partial charge on any atom is -0.320 e. The number of carbonyl (C=O) groups excluding carboxylic acids is 1. The molecule has 1 fully saturated rings. The average Bonchev–Trinajstić information content (AvgIpc) is 3.32. The Morgan fingerprint density at radius 2 is 2.21 bits per heavy atom. The second-order valence-electron chi connectivity index (χ2n) is 6.68. The van der Waals surface area contributed by atoms with E-state index in [4.69, 9.17) is 0 Å². The van der Waals surface area contributed by atoms with Gasteiger partial charge in [0.25, 0.3) is 5.91 Å². The van der Waals surface area contributed by atoms with Gasteiger partial charge in [-0.15, -0.1) is 22.6 Å². The first kappa shape index (κ1) is 19.9. The molecule has 2 N–H and O–H groups in total. The standard InChI is InChI=1S/C17H21N9O.ClH/c1-12-20-22-24-26(12)15-6-2-5-14(8-15)19-17(27)16-11-25(23-21-16)10-13-4-3-7-18-9-13;/h2,5-6,8,11,13,18H,3-4,7,9-10H2,1H3,(H,19,27);1H. The fraction of sp³-hybridized carbons (Fsp3) is 0.412. The predicted octanol–water partition coefficient (Wildman–Crippen LogP) is 1.24. The molecule has 1 amide bonds. The van der Waals surface area contributed by atoms with Gasteiger partial charge in [-0.2, -0.15) is 4.68 Å². The third kappa shape index (κ3) is 4.52. The molecule has 0 spiro atoms. The van der Waals surface area contributed by atoms with Crippen LogP contribution in [0.15, 0.2) is 30.5 Å². The van der Waals surface area contributed by atoms with Crippen LogP contribution < -0.4 is 10.6 Å². The molecule has 1 aromatic carbocycles. The Balaban J connectivity index is 0.00000225. The summed E-state index contributed by atoms with van der Waals surface area (Å²) < 4.78 is 3.34. The number of aryl methyl sites for hydroxylation is 1. The maximum atomic E-state index is 12.5. The van der Waals surface area contributed by atoms with Gasteiger partial charge in [0.2, 0.25) is 0 Å². The van der Waals surface area contributed by atoms with E-state index in [2.05, 4.69) is 36.5 Å². The van der Waals surface area contributed by atoms with E-state index in [0.717, 1.165) is 31.7 Å². The molecule has 1 saturated heterocycles. The third-order valence-electron chi connectivity index (χ3n) is 4.59. The Morgan fingerprint density at radius 1 is 1.32 bits per heavy atom. The number of benzene rings is 1. The van der Waals surface area contributed by atoms with Gasteiger partial charge in [0.1, 0.15) is 0 Å². The Morgan fingerprint density at radius 3 is 2.96 bits per heavy atom. The zero-order valence-corrected chi connectivity index (χ0v) is 16.3. The maximum absolute atomic E-state index is 12.5. The fourth-order valence-corrected chi connectivity index (χ4v) is 3.22. The third-order valence-corrected chi connectivity index (χ3v) is 4.59. The number of nitrogens with zero attached hydrogens (tertiary/aromatic N) is 7. The lowest BCUT2D eigenvalue weighted by atomic mass is 10.00. The van der Waals surface area contributed by atoms with Gasteiger partial charge in [-0.25, -0.2) is 0 Å². The summed E-state index contributed by atoms with van der Waals surface area (Å²) in [5.41, 5.74) is 1.70. The smallest absolute Gasteiger partial charge is 0.277 e. The zero-order valence-electron chi connectivity index (χ0n) is 15.4. The number of piperidine rings is 1. The molecule has 148 valence electrons. The summed E-state index contributed by atoms with van der Waals surface area (Å²) in [6, 6.07) is 7.31. The van der Waals surface area contributed by atoms with Crippen LogP contribution in [-0.2, 0) is 6.54 Å². The lowest BCUT2D eigenvalue weighted by molar-refractivity contribution is 0.102. The molecule has 11 heteroatoms. The summed E-state index contributed by atoms with van der Waals surface area (Å²) in [6.07, 6.45) is 4.03. The van der Waals surface area contributed by atoms with Crippen LogP contribution in [0.3, 0.4) is 0 Å². The molecule has 1 unspecified atom stereocenters. The van der Waals surface area contributed by atoms with Gasteiger partial charge in [0, 0.05) is 12.2 Å². The fourth-order valence-electron chi connectivity index (χ4n) is 3.22. The highest BCUT2D eigenvalue weighted by Gasteiger charge is 2.16. The van der Waals surface area contributed by atoms with E-state index in [0.29, 0.717) is 23.1 Å². The highest BCUT2D eigenvalue weighted by molar-refractivity contribution is 6.02. The van der Waals surface area contributed by atoms with Crippen molar-refractivity contribution in [1.82, 2.24) is 40.5 Å². The number of rotatable bonds is 5.